The van der Waals surface area contributed by atoms with Crippen molar-refractivity contribution < 1.29 is 0 Å². The molecule has 0 aromatic carbocycles. The van der Waals surface area contributed by atoms with Gasteiger partial charge in [-0.05, 0) is 32.8 Å². The zero-order valence-electron chi connectivity index (χ0n) is 9.22. The highest BCUT2D eigenvalue weighted by Gasteiger charge is 1.89. The summed E-state index contributed by atoms with van der Waals surface area (Å²) < 4.78 is 0. The molecule has 72 valence electrons. The summed E-state index contributed by atoms with van der Waals surface area (Å²) in [6.07, 6.45) is 9.58. The van der Waals surface area contributed by atoms with Crippen molar-refractivity contribution in [3.8, 4) is 0 Å². The van der Waals surface area contributed by atoms with Crippen LogP contribution in [0.2, 0.25) is 0 Å². The lowest BCUT2D eigenvalue weighted by Crippen LogP contribution is -1.78. The normalized spacial score (nSPS) is 11.8. The van der Waals surface area contributed by atoms with E-state index >= 15 is 0 Å². The molecule has 0 amide bonds. The van der Waals surface area contributed by atoms with Gasteiger partial charge >= 0.3 is 0 Å². The van der Waals surface area contributed by atoms with Gasteiger partial charge in [-0.3, -0.25) is 0 Å². The summed E-state index contributed by atoms with van der Waals surface area (Å²) in [6.45, 7) is 12.3. The second kappa shape index (κ2) is 6.47. The van der Waals surface area contributed by atoms with Crippen molar-refractivity contribution in [3.63, 3.8) is 0 Å². The van der Waals surface area contributed by atoms with Crippen molar-refractivity contribution in [3.05, 3.63) is 47.6 Å². The molecule has 0 unspecified atom stereocenters. The Morgan fingerprint density at radius 2 is 1.77 bits per heavy atom. The van der Waals surface area contributed by atoms with Crippen LogP contribution in [-0.2, 0) is 0 Å². The summed E-state index contributed by atoms with van der Waals surface area (Å²) in [5.41, 5.74) is 3.63. The maximum absolute atomic E-state index is 3.94. The third kappa shape index (κ3) is 6.15. The first kappa shape index (κ1) is 12.0. The third-order valence-corrected chi connectivity index (χ3v) is 1.62. The Balaban J connectivity index is 4.61. The van der Waals surface area contributed by atoms with E-state index in [1.807, 2.05) is 6.92 Å². The smallest absolute Gasteiger partial charge is 0.0236 e. The first-order chi connectivity index (χ1) is 6.07. The molecule has 0 atom stereocenters. The lowest BCUT2D eigenvalue weighted by Gasteiger charge is -1.98. The van der Waals surface area contributed by atoms with Crippen molar-refractivity contribution in [2.24, 2.45) is 0 Å². The van der Waals surface area contributed by atoms with Crippen molar-refractivity contribution in [2.75, 3.05) is 0 Å². The van der Waals surface area contributed by atoms with Gasteiger partial charge in [-0.1, -0.05) is 49.0 Å². The first-order valence-corrected chi connectivity index (χ1v) is 4.75. The first-order valence-electron chi connectivity index (χ1n) is 4.75. The van der Waals surface area contributed by atoms with Crippen molar-refractivity contribution in [1.82, 2.24) is 0 Å². The highest BCUT2D eigenvalue weighted by molar-refractivity contribution is 5.39. The van der Waals surface area contributed by atoms with Gasteiger partial charge in [-0.25, -0.2) is 0 Å². The van der Waals surface area contributed by atoms with Crippen LogP contribution >= 0.6 is 0 Å². The molecule has 0 saturated heterocycles. The topological polar surface area (TPSA) is 0 Å². The van der Waals surface area contributed by atoms with Gasteiger partial charge in [0.2, 0.25) is 0 Å². The standard InChI is InChI=1S/C13H20/c1-6-7-8-13(12(4)5)10-9-11(2)3/h7-10H,4,6H2,1-3,5H3. The molecule has 0 saturated carbocycles. The van der Waals surface area contributed by atoms with Crippen LogP contribution < -0.4 is 0 Å². The quantitative estimate of drug-likeness (QED) is 0.556. The summed E-state index contributed by atoms with van der Waals surface area (Å²) in [5.74, 6) is 0. The molecule has 0 heteroatoms. The number of hydrogen-bond donors (Lipinski definition) is 0. The van der Waals surface area contributed by atoms with E-state index in [1.165, 1.54) is 11.1 Å². The van der Waals surface area contributed by atoms with Crippen LogP contribution in [0, 0.1) is 0 Å². The molecule has 13 heavy (non-hydrogen) atoms. The highest BCUT2D eigenvalue weighted by Crippen LogP contribution is 2.09. The van der Waals surface area contributed by atoms with Crippen LogP contribution in [0.15, 0.2) is 47.6 Å². The van der Waals surface area contributed by atoms with Crippen LogP contribution in [0.25, 0.3) is 0 Å². The predicted octanol–water partition coefficient (Wildman–Crippen LogP) is 4.42. The van der Waals surface area contributed by atoms with Gasteiger partial charge in [0.05, 0.1) is 0 Å². The Kier molecular flexibility index (Phi) is 5.96. The zero-order chi connectivity index (χ0) is 10.3. The molecule has 0 bridgehead atoms. The second-order valence-electron chi connectivity index (χ2n) is 3.46. The summed E-state index contributed by atoms with van der Waals surface area (Å²) in [4.78, 5) is 0. The molecule has 0 aliphatic heterocycles. The minimum atomic E-state index is 1.07. The Bertz CT molecular complexity index is 245. The van der Waals surface area contributed by atoms with Gasteiger partial charge < -0.3 is 0 Å². The van der Waals surface area contributed by atoms with E-state index in [4.69, 9.17) is 0 Å². The Morgan fingerprint density at radius 1 is 1.15 bits per heavy atom. The Morgan fingerprint density at radius 3 is 2.15 bits per heavy atom. The number of rotatable bonds is 4. The van der Waals surface area contributed by atoms with Crippen molar-refractivity contribution in [1.29, 1.82) is 0 Å². The molecule has 0 aromatic heterocycles. The van der Waals surface area contributed by atoms with Crippen molar-refractivity contribution >= 4 is 0 Å². The molecule has 0 aliphatic rings. The fourth-order valence-corrected chi connectivity index (χ4v) is 0.841. The van der Waals surface area contributed by atoms with E-state index in [1.54, 1.807) is 0 Å². The fourth-order valence-electron chi connectivity index (χ4n) is 0.841. The van der Waals surface area contributed by atoms with Gasteiger partial charge in [0.15, 0.2) is 0 Å². The van der Waals surface area contributed by atoms with E-state index < -0.39 is 0 Å². The summed E-state index contributed by atoms with van der Waals surface area (Å²) in [5, 5.41) is 0. The van der Waals surface area contributed by atoms with Gasteiger partial charge in [-0.15, -0.1) is 0 Å². The fraction of sp³-hybridized carbons (Fsp3) is 0.385. The van der Waals surface area contributed by atoms with Crippen molar-refractivity contribution in [2.45, 2.75) is 34.1 Å². The zero-order valence-corrected chi connectivity index (χ0v) is 9.22. The molecule has 0 N–H and O–H groups in total. The minimum absolute atomic E-state index is 1.07. The lowest BCUT2D eigenvalue weighted by atomic mass is 10.1. The largest absolute Gasteiger partial charge is 0.0955 e. The number of hydrogen-bond acceptors (Lipinski definition) is 0. The van der Waals surface area contributed by atoms with Crippen LogP contribution in [-0.4, -0.2) is 0 Å². The van der Waals surface area contributed by atoms with E-state index in [2.05, 4.69) is 51.7 Å². The van der Waals surface area contributed by atoms with Gasteiger partial charge in [0, 0.05) is 0 Å². The molecule has 0 heterocycles. The maximum atomic E-state index is 3.94. The van der Waals surface area contributed by atoms with Crippen LogP contribution in [0.1, 0.15) is 34.1 Å². The summed E-state index contributed by atoms with van der Waals surface area (Å²) in [6, 6.07) is 0. The molecule has 0 nitrogen and oxygen atoms in total. The Labute approximate surface area is 82.4 Å². The molecular weight excluding hydrogens is 156 g/mol. The van der Waals surface area contributed by atoms with E-state index in [9.17, 15) is 0 Å². The Hall–Kier alpha value is -1.04. The second-order valence-corrected chi connectivity index (χ2v) is 3.46. The molecular formula is C13H20. The lowest BCUT2D eigenvalue weighted by molar-refractivity contribution is 1.22. The maximum Gasteiger partial charge on any atom is -0.0236 e. The van der Waals surface area contributed by atoms with E-state index in [0.717, 1.165) is 12.0 Å². The van der Waals surface area contributed by atoms with Crippen LogP contribution in [0.3, 0.4) is 0 Å². The third-order valence-electron chi connectivity index (χ3n) is 1.62. The molecule has 0 aliphatic carbocycles. The van der Waals surface area contributed by atoms with E-state index in [-0.39, 0.29) is 0 Å². The number of allylic oxidation sites excluding steroid dienone is 7. The monoisotopic (exact) mass is 176 g/mol. The molecule has 0 aromatic rings. The summed E-state index contributed by atoms with van der Waals surface area (Å²) in [7, 11) is 0. The van der Waals surface area contributed by atoms with Gasteiger partial charge in [-0.2, -0.15) is 0 Å². The average molecular weight is 176 g/mol. The average Bonchev–Trinajstić information content (AvgIpc) is 2.03. The molecule has 0 fully saturated rings. The molecule has 0 spiro atoms. The molecule has 0 radical (unpaired) electrons. The molecule has 0 rings (SSSR count). The summed E-state index contributed by atoms with van der Waals surface area (Å²) >= 11 is 0. The van der Waals surface area contributed by atoms with Gasteiger partial charge in [0.1, 0.15) is 0 Å². The SMILES string of the molecule is C=C(C)C(C=CCC)=CC=C(C)C. The highest BCUT2D eigenvalue weighted by atomic mass is 14.0. The predicted molar refractivity (Wildman–Crippen MR) is 61.8 cm³/mol. The van der Waals surface area contributed by atoms with E-state index in [0.29, 0.717) is 0 Å². The minimum Gasteiger partial charge on any atom is -0.0955 e. The van der Waals surface area contributed by atoms with Crippen LogP contribution in [0.5, 0.6) is 0 Å². The van der Waals surface area contributed by atoms with Gasteiger partial charge in [0.25, 0.3) is 0 Å². The van der Waals surface area contributed by atoms with Crippen LogP contribution in [0.4, 0.5) is 0 Å².